The van der Waals surface area contributed by atoms with Crippen molar-refractivity contribution in [3.05, 3.63) is 0 Å². The average molecular weight is 472 g/mol. The van der Waals surface area contributed by atoms with Crippen molar-refractivity contribution in [2.75, 3.05) is 6.61 Å². The van der Waals surface area contributed by atoms with Crippen LogP contribution in [0.15, 0.2) is 0 Å². The van der Waals surface area contributed by atoms with Crippen molar-refractivity contribution < 1.29 is 70.4 Å². The van der Waals surface area contributed by atoms with Crippen molar-refractivity contribution >= 4 is 5.78 Å². The van der Waals surface area contributed by atoms with Crippen LogP contribution in [0.1, 0.15) is 13.8 Å². The van der Waals surface area contributed by atoms with Gasteiger partial charge in [0.2, 0.25) is 5.78 Å². The molecule has 2 fully saturated rings. The number of carbonyl (C=O) groups excluding carboxylic acids is 1. The maximum absolute atomic E-state index is 13.3. The number of aliphatic hydroxyl groups excluding tert-OH is 10. The molecule has 0 aliphatic carbocycles. The molecule has 14 atom stereocenters. The fourth-order valence-electron chi connectivity index (χ4n) is 3.94. The topological polar surface area (TPSA) is 258 Å². The molecule has 0 aromatic carbocycles. The molecule has 32 heavy (non-hydrogen) atoms. The number of carbonyl (C=O) groups is 1. The lowest BCUT2D eigenvalue weighted by atomic mass is 9.73. The van der Waals surface area contributed by atoms with E-state index in [1.807, 2.05) is 0 Å². The highest BCUT2D eigenvalue weighted by molar-refractivity contribution is 5.93. The van der Waals surface area contributed by atoms with Gasteiger partial charge in [0.25, 0.3) is 0 Å². The Balaban J connectivity index is 2.54. The number of hydrogen-bond donors (Lipinski definition) is 11. The van der Waals surface area contributed by atoms with E-state index in [4.69, 9.17) is 14.6 Å². The molecule has 0 radical (unpaired) electrons. The molecule has 188 valence electrons. The van der Waals surface area contributed by atoms with Crippen LogP contribution in [-0.4, -0.2) is 154 Å². The third kappa shape index (κ3) is 4.56. The van der Waals surface area contributed by atoms with Crippen LogP contribution in [0.2, 0.25) is 0 Å². The first-order chi connectivity index (χ1) is 14.7. The summed E-state index contributed by atoms with van der Waals surface area (Å²) in [5.74, 6) is -1.64. The highest BCUT2D eigenvalue weighted by Crippen LogP contribution is 2.36. The molecule has 2 saturated heterocycles. The molecule has 2 aliphatic rings. The van der Waals surface area contributed by atoms with Crippen LogP contribution in [-0.2, 0) is 14.3 Å². The molecule has 2 heterocycles. The van der Waals surface area contributed by atoms with Crippen molar-refractivity contribution in [2.24, 2.45) is 0 Å². The molecular weight excluding hydrogens is 440 g/mol. The Morgan fingerprint density at radius 2 is 1.28 bits per heavy atom. The van der Waals surface area contributed by atoms with Crippen LogP contribution in [0.4, 0.5) is 0 Å². The van der Waals surface area contributed by atoms with Crippen LogP contribution in [0.3, 0.4) is 0 Å². The maximum Gasteiger partial charge on any atom is 0.201 e. The monoisotopic (exact) mass is 472 g/mol. The summed E-state index contributed by atoms with van der Waals surface area (Å²) in [7, 11) is 0. The van der Waals surface area contributed by atoms with Gasteiger partial charge in [-0.15, -0.1) is 0 Å². The summed E-state index contributed by atoms with van der Waals surface area (Å²) in [4.78, 5) is 13.3. The van der Waals surface area contributed by atoms with Crippen molar-refractivity contribution in [2.45, 2.75) is 98.8 Å². The molecule has 0 bridgehead atoms. The predicted octanol–water partition coefficient (Wildman–Crippen LogP) is -6.90. The lowest BCUT2D eigenvalue weighted by Crippen LogP contribution is -2.75. The zero-order valence-electron chi connectivity index (χ0n) is 17.4. The smallest absolute Gasteiger partial charge is 0.201 e. The number of rotatable bonds is 7. The maximum atomic E-state index is 13.3. The first-order valence-corrected chi connectivity index (χ1v) is 10.0. The summed E-state index contributed by atoms with van der Waals surface area (Å²) < 4.78 is 10.4. The van der Waals surface area contributed by atoms with E-state index in [1.54, 1.807) is 0 Å². The van der Waals surface area contributed by atoms with Gasteiger partial charge in [0.05, 0.1) is 18.8 Å². The van der Waals surface area contributed by atoms with Gasteiger partial charge in [-0.1, -0.05) is 0 Å². The van der Waals surface area contributed by atoms with Crippen LogP contribution in [0, 0.1) is 0 Å². The number of hydrogen-bond acceptors (Lipinski definition) is 14. The van der Waals surface area contributed by atoms with E-state index >= 15 is 0 Å². The molecule has 6 unspecified atom stereocenters. The van der Waals surface area contributed by atoms with Gasteiger partial charge in [0, 0.05) is 0 Å². The van der Waals surface area contributed by atoms with Gasteiger partial charge in [-0.25, -0.2) is 0 Å². The summed E-state index contributed by atoms with van der Waals surface area (Å²) in [6.07, 6.45) is -25.7. The molecule has 0 spiro atoms. The standard InChI is InChI=1S/C18H32O14/c1-4-7(21)10(24)12(26)14(31-4)16(29)18(30,15(28)9(23)6(20)3-19)17-13(27)11(25)8(22)5(2)32-17/h4-15,17,19-28,30H,3H2,1-2H3/t4-,5-,6?,7-,8-,9?,10+,11+,12+,13+,14?,15?,17?,18?/m0/s1. The highest BCUT2D eigenvalue weighted by atomic mass is 16.6. The fraction of sp³-hybridized carbons (Fsp3) is 0.944. The molecule has 14 nitrogen and oxygen atoms in total. The van der Waals surface area contributed by atoms with Crippen molar-refractivity contribution in [3.8, 4) is 0 Å². The number of Topliss-reactive ketones (excluding diaryl/α,β-unsaturated/α-hetero) is 1. The molecule has 2 aliphatic heterocycles. The Hall–Kier alpha value is -0.850. The predicted molar refractivity (Wildman–Crippen MR) is 99.8 cm³/mol. The van der Waals surface area contributed by atoms with Crippen LogP contribution < -0.4 is 0 Å². The summed E-state index contributed by atoms with van der Waals surface area (Å²) in [5.41, 5.74) is -3.42. The zero-order valence-corrected chi connectivity index (χ0v) is 17.4. The Labute approximate surface area is 182 Å². The number of aliphatic hydroxyl groups is 11. The number of ether oxygens (including phenoxy) is 2. The second-order valence-corrected chi connectivity index (χ2v) is 8.34. The SMILES string of the molecule is C[C@@H]1OC(C(=O)C(O)(C(O)C(O)C(O)CO)C2O[C@@H](C)[C@H](O)[C@@H](O)[C@H]2O)[C@H](O)[C@H](O)[C@H]1O. The van der Waals surface area contributed by atoms with Gasteiger partial charge >= 0.3 is 0 Å². The fourth-order valence-corrected chi connectivity index (χ4v) is 3.94. The molecule has 2 rings (SSSR count). The Kier molecular flexibility index (Phi) is 8.72. The second kappa shape index (κ2) is 10.2. The molecule has 14 heteroatoms. The minimum absolute atomic E-state index is 1.11. The largest absolute Gasteiger partial charge is 0.394 e. The van der Waals surface area contributed by atoms with Gasteiger partial charge in [-0.05, 0) is 13.8 Å². The minimum atomic E-state index is -3.42. The van der Waals surface area contributed by atoms with E-state index in [2.05, 4.69) is 0 Å². The summed E-state index contributed by atoms with van der Waals surface area (Å²) in [6.45, 7) is 1.32. The Morgan fingerprint density at radius 3 is 1.78 bits per heavy atom. The van der Waals surface area contributed by atoms with Gasteiger partial charge in [-0.3, -0.25) is 4.79 Å². The Morgan fingerprint density at radius 1 is 0.812 bits per heavy atom. The Bertz CT molecular complexity index is 649. The third-order valence-corrected chi connectivity index (χ3v) is 6.15. The summed E-state index contributed by atoms with van der Waals surface area (Å²) in [5, 5.41) is 111. The quantitative estimate of drug-likeness (QED) is 0.165. The van der Waals surface area contributed by atoms with Gasteiger partial charge in [0.1, 0.15) is 67.1 Å². The van der Waals surface area contributed by atoms with Crippen molar-refractivity contribution in [3.63, 3.8) is 0 Å². The lowest BCUT2D eigenvalue weighted by Gasteiger charge is -2.50. The van der Waals surface area contributed by atoms with Crippen molar-refractivity contribution in [1.82, 2.24) is 0 Å². The summed E-state index contributed by atoms with van der Waals surface area (Å²) in [6, 6.07) is 0. The lowest BCUT2D eigenvalue weighted by molar-refractivity contribution is -0.287. The highest BCUT2D eigenvalue weighted by Gasteiger charge is 2.63. The molecular formula is C18H32O14. The van der Waals surface area contributed by atoms with Crippen LogP contribution >= 0.6 is 0 Å². The average Bonchev–Trinajstić information content (AvgIpc) is 2.78. The van der Waals surface area contributed by atoms with E-state index in [9.17, 15) is 55.9 Å². The van der Waals surface area contributed by atoms with Crippen LogP contribution in [0.25, 0.3) is 0 Å². The zero-order chi connectivity index (χ0) is 24.7. The van der Waals surface area contributed by atoms with Gasteiger partial charge in [0.15, 0.2) is 5.60 Å². The molecule has 11 N–H and O–H groups in total. The van der Waals surface area contributed by atoms with Gasteiger partial charge < -0.3 is 65.6 Å². The molecule has 0 saturated carbocycles. The first kappa shape index (κ1) is 27.4. The van der Waals surface area contributed by atoms with E-state index in [0.29, 0.717) is 0 Å². The normalized spacial score (nSPS) is 45.5. The molecule has 0 amide bonds. The van der Waals surface area contributed by atoms with Crippen LogP contribution in [0.5, 0.6) is 0 Å². The van der Waals surface area contributed by atoms with E-state index < -0.39 is 97.3 Å². The van der Waals surface area contributed by atoms with E-state index in [1.165, 1.54) is 13.8 Å². The van der Waals surface area contributed by atoms with E-state index in [-0.39, 0.29) is 0 Å². The molecule has 0 aromatic heterocycles. The second-order valence-electron chi connectivity index (χ2n) is 8.34. The van der Waals surface area contributed by atoms with Crippen molar-refractivity contribution in [1.29, 1.82) is 0 Å². The van der Waals surface area contributed by atoms with Gasteiger partial charge in [-0.2, -0.15) is 0 Å². The third-order valence-electron chi connectivity index (χ3n) is 6.15. The number of ketones is 1. The first-order valence-electron chi connectivity index (χ1n) is 10.0. The molecule has 0 aromatic rings. The minimum Gasteiger partial charge on any atom is -0.394 e. The van der Waals surface area contributed by atoms with E-state index in [0.717, 1.165) is 0 Å². The summed E-state index contributed by atoms with van der Waals surface area (Å²) >= 11 is 0.